The van der Waals surface area contributed by atoms with Crippen molar-refractivity contribution in [3.63, 3.8) is 0 Å². The van der Waals surface area contributed by atoms with Gasteiger partial charge in [-0.3, -0.25) is 4.90 Å². The zero-order valence-corrected chi connectivity index (χ0v) is 12.6. The van der Waals surface area contributed by atoms with Crippen molar-refractivity contribution in [2.24, 2.45) is 0 Å². The molecule has 6 heteroatoms. The van der Waals surface area contributed by atoms with Crippen LogP contribution in [0, 0.1) is 11.3 Å². The van der Waals surface area contributed by atoms with Crippen molar-refractivity contribution in [1.82, 2.24) is 19.9 Å². The zero-order chi connectivity index (χ0) is 15.4. The minimum Gasteiger partial charge on any atom is -0.355 e. The molecule has 0 radical (unpaired) electrons. The van der Waals surface area contributed by atoms with Gasteiger partial charge in [-0.1, -0.05) is 0 Å². The topological polar surface area (TPSA) is 68.9 Å². The fourth-order valence-electron chi connectivity index (χ4n) is 2.71. The number of pyridine rings is 1. The second-order valence-corrected chi connectivity index (χ2v) is 5.49. The lowest BCUT2D eigenvalue weighted by atomic mass is 10.2. The number of rotatable bonds is 4. The largest absolute Gasteiger partial charge is 0.355 e. The summed E-state index contributed by atoms with van der Waals surface area (Å²) in [6.07, 6.45) is 6.27. The number of aromatic nitrogens is 3. The number of nitrogens with zero attached hydrogens (tertiary/aromatic N) is 6. The highest BCUT2D eigenvalue weighted by atomic mass is 15.3. The molecule has 1 atom stereocenters. The summed E-state index contributed by atoms with van der Waals surface area (Å²) >= 11 is 0. The van der Waals surface area contributed by atoms with Crippen LogP contribution in [0.15, 0.2) is 36.8 Å². The van der Waals surface area contributed by atoms with E-state index in [0.717, 1.165) is 37.7 Å². The van der Waals surface area contributed by atoms with E-state index in [9.17, 15) is 0 Å². The van der Waals surface area contributed by atoms with E-state index in [1.807, 2.05) is 18.2 Å². The summed E-state index contributed by atoms with van der Waals surface area (Å²) in [7, 11) is 2.11. The standard InChI is InChI=1S/C16H18N6/c1-21(12-15-18-6-2-7-19-15)14-5-8-22(11-14)16-4-3-13(9-17)10-20-16/h2-4,6-7,10,14H,5,8,11-12H2,1H3. The third kappa shape index (κ3) is 3.21. The number of anilines is 1. The smallest absolute Gasteiger partial charge is 0.142 e. The van der Waals surface area contributed by atoms with Crippen molar-refractivity contribution in [3.8, 4) is 6.07 Å². The average Bonchev–Trinajstić information content (AvgIpc) is 3.06. The normalized spacial score (nSPS) is 17.7. The maximum Gasteiger partial charge on any atom is 0.142 e. The highest BCUT2D eigenvalue weighted by molar-refractivity contribution is 5.43. The van der Waals surface area contributed by atoms with Gasteiger partial charge in [0, 0.05) is 37.7 Å². The molecule has 1 fully saturated rings. The highest BCUT2D eigenvalue weighted by Crippen LogP contribution is 2.21. The second kappa shape index (κ2) is 6.50. The Labute approximate surface area is 130 Å². The summed E-state index contributed by atoms with van der Waals surface area (Å²) < 4.78 is 0. The van der Waals surface area contributed by atoms with Gasteiger partial charge in [-0.05, 0) is 31.7 Å². The lowest BCUT2D eigenvalue weighted by Gasteiger charge is -2.24. The second-order valence-electron chi connectivity index (χ2n) is 5.49. The van der Waals surface area contributed by atoms with Crippen LogP contribution in [0.3, 0.4) is 0 Å². The van der Waals surface area contributed by atoms with Crippen molar-refractivity contribution < 1.29 is 0 Å². The Balaban J connectivity index is 1.60. The maximum atomic E-state index is 8.83. The number of hydrogen-bond acceptors (Lipinski definition) is 6. The van der Waals surface area contributed by atoms with Gasteiger partial charge in [0.2, 0.25) is 0 Å². The molecule has 0 N–H and O–H groups in total. The molecule has 22 heavy (non-hydrogen) atoms. The molecule has 6 nitrogen and oxygen atoms in total. The highest BCUT2D eigenvalue weighted by Gasteiger charge is 2.26. The summed E-state index contributed by atoms with van der Waals surface area (Å²) in [6, 6.07) is 8.12. The van der Waals surface area contributed by atoms with Gasteiger partial charge in [0.15, 0.2) is 0 Å². The SMILES string of the molecule is CN(Cc1ncccn1)C1CCN(c2ccc(C#N)cn2)C1. The van der Waals surface area contributed by atoms with Gasteiger partial charge in [0.05, 0.1) is 12.1 Å². The van der Waals surface area contributed by atoms with E-state index in [4.69, 9.17) is 5.26 Å². The molecule has 0 amide bonds. The molecule has 2 aromatic rings. The first-order valence-electron chi connectivity index (χ1n) is 7.33. The molecule has 2 aromatic heterocycles. The third-order valence-electron chi connectivity index (χ3n) is 4.00. The lowest BCUT2D eigenvalue weighted by molar-refractivity contribution is 0.244. The molecular formula is C16H18N6. The van der Waals surface area contributed by atoms with Crippen LogP contribution in [0.25, 0.3) is 0 Å². The van der Waals surface area contributed by atoms with Crippen molar-refractivity contribution in [2.75, 3.05) is 25.0 Å². The van der Waals surface area contributed by atoms with E-state index in [0.29, 0.717) is 11.6 Å². The maximum absolute atomic E-state index is 8.83. The molecule has 0 spiro atoms. The van der Waals surface area contributed by atoms with Crippen molar-refractivity contribution in [3.05, 3.63) is 48.2 Å². The molecule has 1 aliphatic heterocycles. The van der Waals surface area contributed by atoms with Crippen LogP contribution in [0.1, 0.15) is 17.8 Å². The molecule has 0 bridgehead atoms. The predicted molar refractivity (Wildman–Crippen MR) is 83.1 cm³/mol. The van der Waals surface area contributed by atoms with Crippen LogP contribution in [0.4, 0.5) is 5.82 Å². The Kier molecular flexibility index (Phi) is 4.26. The summed E-state index contributed by atoms with van der Waals surface area (Å²) in [5.41, 5.74) is 0.595. The van der Waals surface area contributed by atoms with Gasteiger partial charge in [-0.15, -0.1) is 0 Å². The van der Waals surface area contributed by atoms with Crippen LogP contribution in [-0.4, -0.2) is 46.0 Å². The van der Waals surface area contributed by atoms with E-state index in [-0.39, 0.29) is 0 Å². The summed E-state index contributed by atoms with van der Waals surface area (Å²) in [5.74, 6) is 1.78. The molecule has 0 aromatic carbocycles. The van der Waals surface area contributed by atoms with Crippen molar-refractivity contribution in [1.29, 1.82) is 5.26 Å². The van der Waals surface area contributed by atoms with Gasteiger partial charge in [0.25, 0.3) is 0 Å². The molecule has 3 heterocycles. The molecule has 112 valence electrons. The Bertz CT molecular complexity index is 649. The van der Waals surface area contributed by atoms with E-state index in [1.165, 1.54) is 0 Å². The van der Waals surface area contributed by atoms with Crippen molar-refractivity contribution >= 4 is 5.82 Å². The van der Waals surface area contributed by atoms with Gasteiger partial charge in [-0.25, -0.2) is 15.0 Å². The average molecular weight is 294 g/mol. The molecule has 3 rings (SSSR count). The van der Waals surface area contributed by atoms with E-state index in [2.05, 4.69) is 37.9 Å². The van der Waals surface area contributed by atoms with Crippen LogP contribution in [0.2, 0.25) is 0 Å². The minimum atomic E-state index is 0.459. The van der Waals surface area contributed by atoms with E-state index >= 15 is 0 Å². The molecule has 0 aliphatic carbocycles. The lowest BCUT2D eigenvalue weighted by Crippen LogP contribution is -2.34. The fraction of sp³-hybridized carbons (Fsp3) is 0.375. The van der Waals surface area contributed by atoms with Gasteiger partial charge < -0.3 is 4.90 Å². The number of likely N-dealkylation sites (N-methyl/N-ethyl adjacent to an activating group) is 1. The van der Waals surface area contributed by atoms with Crippen molar-refractivity contribution in [2.45, 2.75) is 19.0 Å². The van der Waals surface area contributed by atoms with Crippen LogP contribution in [-0.2, 0) is 6.54 Å². The molecule has 1 saturated heterocycles. The van der Waals surface area contributed by atoms with Gasteiger partial charge >= 0.3 is 0 Å². The number of hydrogen-bond donors (Lipinski definition) is 0. The molecule has 0 saturated carbocycles. The summed E-state index contributed by atoms with van der Waals surface area (Å²) in [6.45, 7) is 2.66. The molecular weight excluding hydrogens is 276 g/mol. The summed E-state index contributed by atoms with van der Waals surface area (Å²) in [4.78, 5) is 17.5. The fourth-order valence-corrected chi connectivity index (χ4v) is 2.71. The monoisotopic (exact) mass is 294 g/mol. The van der Waals surface area contributed by atoms with Crippen LogP contribution < -0.4 is 4.90 Å². The zero-order valence-electron chi connectivity index (χ0n) is 12.6. The molecule has 1 unspecified atom stereocenters. The van der Waals surface area contributed by atoms with Gasteiger partial charge in [0.1, 0.15) is 17.7 Å². The predicted octanol–water partition coefficient (Wildman–Crippen LogP) is 1.45. The Morgan fingerprint density at radius 3 is 2.82 bits per heavy atom. The van der Waals surface area contributed by atoms with E-state index < -0.39 is 0 Å². The Morgan fingerprint density at radius 1 is 1.32 bits per heavy atom. The van der Waals surface area contributed by atoms with Crippen LogP contribution >= 0.6 is 0 Å². The first-order chi connectivity index (χ1) is 10.8. The third-order valence-corrected chi connectivity index (χ3v) is 4.00. The quantitative estimate of drug-likeness (QED) is 0.850. The van der Waals surface area contributed by atoms with Crippen LogP contribution in [0.5, 0.6) is 0 Å². The van der Waals surface area contributed by atoms with Gasteiger partial charge in [-0.2, -0.15) is 5.26 Å². The Hall–Kier alpha value is -2.52. The first kappa shape index (κ1) is 14.4. The number of nitriles is 1. The minimum absolute atomic E-state index is 0.459. The van der Waals surface area contributed by atoms with E-state index in [1.54, 1.807) is 18.6 Å². The Morgan fingerprint density at radius 2 is 2.14 bits per heavy atom. The summed E-state index contributed by atoms with van der Waals surface area (Å²) in [5, 5.41) is 8.83. The molecule has 1 aliphatic rings. The first-order valence-corrected chi connectivity index (χ1v) is 7.33.